The van der Waals surface area contributed by atoms with Crippen LogP contribution in [0.15, 0.2) is 30.6 Å². The van der Waals surface area contributed by atoms with Crippen molar-refractivity contribution in [1.82, 2.24) is 15.3 Å². The maximum absolute atomic E-state index is 11.9. The monoisotopic (exact) mass is 382 g/mol. The molecule has 1 heterocycles. The van der Waals surface area contributed by atoms with E-state index in [4.69, 9.17) is 27.9 Å². The first kappa shape index (κ1) is 19.4. The van der Waals surface area contributed by atoms with E-state index in [2.05, 4.69) is 20.6 Å². The van der Waals surface area contributed by atoms with Crippen LogP contribution in [0.2, 0.25) is 10.0 Å². The normalized spacial score (nSPS) is 10.5. The molecule has 1 aromatic carbocycles. The van der Waals surface area contributed by atoms with E-state index in [1.54, 1.807) is 19.2 Å². The van der Waals surface area contributed by atoms with Gasteiger partial charge in [-0.2, -0.15) is 0 Å². The van der Waals surface area contributed by atoms with Gasteiger partial charge in [-0.3, -0.25) is 4.79 Å². The van der Waals surface area contributed by atoms with Gasteiger partial charge in [0.15, 0.2) is 0 Å². The molecular formula is C17H20Cl2N4O2. The molecule has 0 bridgehead atoms. The maximum Gasteiger partial charge on any atom is 0.254 e. The van der Waals surface area contributed by atoms with Crippen molar-refractivity contribution < 1.29 is 9.53 Å². The standard InChI is InChI=1S/C17H20Cl2N4O2/c1-25-8-2-6-20-16(24)13-10-22-17(23-11-13)21-7-5-12-3-4-14(18)9-15(12)19/h3-4,9-11H,2,5-8H2,1H3,(H,20,24)(H,21,22,23). The zero-order chi connectivity index (χ0) is 18.1. The van der Waals surface area contributed by atoms with Crippen LogP contribution in [0.1, 0.15) is 22.3 Å². The Bertz CT molecular complexity index is 696. The Morgan fingerprint density at radius 3 is 2.64 bits per heavy atom. The number of carbonyl (C=O) groups excluding carboxylic acids is 1. The number of benzene rings is 1. The third-order valence-corrected chi connectivity index (χ3v) is 4.00. The molecule has 25 heavy (non-hydrogen) atoms. The van der Waals surface area contributed by atoms with Crippen molar-refractivity contribution in [2.45, 2.75) is 12.8 Å². The van der Waals surface area contributed by atoms with Crippen molar-refractivity contribution in [3.63, 3.8) is 0 Å². The quantitative estimate of drug-likeness (QED) is 0.651. The van der Waals surface area contributed by atoms with E-state index in [0.717, 1.165) is 12.0 Å². The topological polar surface area (TPSA) is 76.1 Å². The average Bonchev–Trinajstić information content (AvgIpc) is 2.61. The smallest absolute Gasteiger partial charge is 0.254 e. The number of hydrogen-bond acceptors (Lipinski definition) is 5. The van der Waals surface area contributed by atoms with E-state index in [1.165, 1.54) is 12.4 Å². The molecular weight excluding hydrogens is 363 g/mol. The highest BCUT2D eigenvalue weighted by molar-refractivity contribution is 6.35. The van der Waals surface area contributed by atoms with Crippen molar-refractivity contribution in [3.8, 4) is 0 Å². The number of nitrogens with one attached hydrogen (secondary N) is 2. The van der Waals surface area contributed by atoms with Gasteiger partial charge in [-0.25, -0.2) is 9.97 Å². The predicted octanol–water partition coefficient (Wildman–Crippen LogP) is 3.20. The Morgan fingerprint density at radius 2 is 1.96 bits per heavy atom. The maximum atomic E-state index is 11.9. The molecule has 1 aromatic heterocycles. The molecule has 0 unspecified atom stereocenters. The van der Waals surface area contributed by atoms with Gasteiger partial charge in [0, 0.05) is 49.2 Å². The van der Waals surface area contributed by atoms with Crippen molar-refractivity contribution in [1.29, 1.82) is 0 Å². The number of rotatable bonds is 9. The highest BCUT2D eigenvalue weighted by Gasteiger charge is 2.07. The van der Waals surface area contributed by atoms with Gasteiger partial charge in [0.05, 0.1) is 5.56 Å². The van der Waals surface area contributed by atoms with Crippen LogP contribution in [-0.4, -0.2) is 42.7 Å². The minimum atomic E-state index is -0.199. The summed E-state index contributed by atoms with van der Waals surface area (Å²) in [5.74, 6) is 0.261. The lowest BCUT2D eigenvalue weighted by Crippen LogP contribution is -2.25. The average molecular weight is 383 g/mol. The number of amides is 1. The number of anilines is 1. The van der Waals surface area contributed by atoms with E-state index in [9.17, 15) is 4.79 Å². The summed E-state index contributed by atoms with van der Waals surface area (Å²) in [5.41, 5.74) is 1.41. The summed E-state index contributed by atoms with van der Waals surface area (Å²) in [6.45, 7) is 1.77. The zero-order valence-corrected chi connectivity index (χ0v) is 15.4. The van der Waals surface area contributed by atoms with E-state index in [-0.39, 0.29) is 5.91 Å². The molecule has 6 nitrogen and oxygen atoms in total. The summed E-state index contributed by atoms with van der Waals surface area (Å²) in [5, 5.41) is 7.13. The van der Waals surface area contributed by atoms with E-state index in [1.807, 2.05) is 6.07 Å². The van der Waals surface area contributed by atoms with Crippen LogP contribution in [0.25, 0.3) is 0 Å². The molecule has 134 valence electrons. The van der Waals surface area contributed by atoms with Crippen molar-refractivity contribution in [2.75, 3.05) is 32.1 Å². The number of nitrogens with zero attached hydrogens (tertiary/aromatic N) is 2. The molecule has 0 radical (unpaired) electrons. The lowest BCUT2D eigenvalue weighted by Gasteiger charge is -2.08. The first-order valence-corrected chi connectivity index (χ1v) is 8.62. The molecule has 0 spiro atoms. The fourth-order valence-corrected chi connectivity index (χ4v) is 2.59. The van der Waals surface area contributed by atoms with Crippen molar-refractivity contribution >= 4 is 35.1 Å². The molecule has 0 saturated heterocycles. The fraction of sp³-hybridized carbons (Fsp3) is 0.353. The van der Waals surface area contributed by atoms with Crippen LogP contribution in [0.3, 0.4) is 0 Å². The predicted molar refractivity (Wildman–Crippen MR) is 99.5 cm³/mol. The van der Waals surface area contributed by atoms with Crippen LogP contribution in [0.5, 0.6) is 0 Å². The Hall–Kier alpha value is -1.89. The molecule has 2 aromatic rings. The summed E-state index contributed by atoms with van der Waals surface area (Å²) >= 11 is 12.0. The van der Waals surface area contributed by atoms with Gasteiger partial charge in [-0.15, -0.1) is 0 Å². The van der Waals surface area contributed by atoms with Crippen molar-refractivity contribution in [2.24, 2.45) is 0 Å². The molecule has 0 atom stereocenters. The van der Waals surface area contributed by atoms with Gasteiger partial charge < -0.3 is 15.4 Å². The Morgan fingerprint density at radius 1 is 1.20 bits per heavy atom. The minimum absolute atomic E-state index is 0.199. The molecule has 2 rings (SSSR count). The van der Waals surface area contributed by atoms with Gasteiger partial charge in [0.2, 0.25) is 5.95 Å². The number of ether oxygens (including phenoxy) is 1. The van der Waals surface area contributed by atoms with Gasteiger partial charge in [0.25, 0.3) is 5.91 Å². The first-order valence-electron chi connectivity index (χ1n) is 7.87. The summed E-state index contributed by atoms with van der Waals surface area (Å²) in [7, 11) is 1.63. The summed E-state index contributed by atoms with van der Waals surface area (Å²) < 4.78 is 4.93. The summed E-state index contributed by atoms with van der Waals surface area (Å²) in [6, 6.07) is 5.42. The number of hydrogen-bond donors (Lipinski definition) is 2. The van der Waals surface area contributed by atoms with Crippen LogP contribution < -0.4 is 10.6 Å². The van der Waals surface area contributed by atoms with Gasteiger partial charge in [-0.05, 0) is 30.5 Å². The second-order valence-corrected chi connectivity index (χ2v) is 6.15. The van der Waals surface area contributed by atoms with Gasteiger partial charge >= 0.3 is 0 Å². The molecule has 0 aliphatic carbocycles. The second-order valence-electron chi connectivity index (χ2n) is 5.31. The van der Waals surface area contributed by atoms with E-state index >= 15 is 0 Å². The molecule has 2 N–H and O–H groups in total. The first-order chi connectivity index (χ1) is 12.1. The van der Waals surface area contributed by atoms with Crippen molar-refractivity contribution in [3.05, 3.63) is 51.8 Å². The SMILES string of the molecule is COCCCNC(=O)c1cnc(NCCc2ccc(Cl)cc2Cl)nc1. The third-order valence-electron chi connectivity index (χ3n) is 3.42. The molecule has 0 aliphatic heterocycles. The number of methoxy groups -OCH3 is 1. The molecule has 0 fully saturated rings. The van der Waals surface area contributed by atoms with Gasteiger partial charge in [0.1, 0.15) is 0 Å². The third kappa shape index (κ3) is 6.49. The lowest BCUT2D eigenvalue weighted by atomic mass is 10.1. The Kier molecular flexibility index (Phi) is 7.91. The lowest BCUT2D eigenvalue weighted by molar-refractivity contribution is 0.0948. The highest BCUT2D eigenvalue weighted by atomic mass is 35.5. The van der Waals surface area contributed by atoms with Crippen LogP contribution in [0.4, 0.5) is 5.95 Å². The number of halogens is 2. The molecule has 0 aliphatic rings. The van der Waals surface area contributed by atoms with Gasteiger partial charge in [-0.1, -0.05) is 29.3 Å². The number of carbonyl (C=O) groups is 1. The van der Waals surface area contributed by atoms with E-state index < -0.39 is 0 Å². The summed E-state index contributed by atoms with van der Waals surface area (Å²) in [4.78, 5) is 20.2. The van der Waals surface area contributed by atoms with E-state index in [0.29, 0.717) is 47.7 Å². The number of aromatic nitrogens is 2. The van der Waals surface area contributed by atoms with Crippen LogP contribution in [-0.2, 0) is 11.2 Å². The van der Waals surface area contributed by atoms with Crippen LogP contribution in [0, 0.1) is 0 Å². The Balaban J connectivity index is 1.79. The molecule has 8 heteroatoms. The van der Waals surface area contributed by atoms with Crippen LogP contribution >= 0.6 is 23.2 Å². The zero-order valence-electron chi connectivity index (χ0n) is 13.9. The highest BCUT2D eigenvalue weighted by Crippen LogP contribution is 2.21. The molecule has 1 amide bonds. The fourth-order valence-electron chi connectivity index (χ4n) is 2.09. The largest absolute Gasteiger partial charge is 0.385 e. The second kappa shape index (κ2) is 10.2. The minimum Gasteiger partial charge on any atom is -0.385 e. The molecule has 0 saturated carbocycles. The summed E-state index contributed by atoms with van der Waals surface area (Å²) in [6.07, 6.45) is 4.46. The Labute approximate surface area is 156 Å².